The van der Waals surface area contributed by atoms with Gasteiger partial charge in [0.25, 0.3) is 0 Å². The molecule has 2 aromatic carbocycles. The number of benzene rings is 2. The molecule has 4 nitrogen and oxygen atoms in total. The van der Waals surface area contributed by atoms with Crippen LogP contribution in [0.5, 0.6) is 5.75 Å². The number of aryl methyl sites for hydroxylation is 2. The van der Waals surface area contributed by atoms with Crippen LogP contribution < -0.4 is 9.64 Å². The van der Waals surface area contributed by atoms with Crippen LogP contribution in [0, 0.1) is 13.8 Å². The molecule has 4 heteroatoms. The normalized spacial score (nSPS) is 14.7. The van der Waals surface area contributed by atoms with E-state index in [4.69, 9.17) is 9.73 Å². The number of carbonyl (C=O) groups excluding carboxylic acids is 1. The van der Waals surface area contributed by atoms with E-state index in [1.54, 1.807) is 4.90 Å². The number of ether oxygens (including phenoxy) is 1. The third kappa shape index (κ3) is 5.63. The van der Waals surface area contributed by atoms with E-state index in [9.17, 15) is 4.79 Å². The molecule has 0 saturated heterocycles. The van der Waals surface area contributed by atoms with Crippen LogP contribution in [0.2, 0.25) is 0 Å². The fraction of sp³-hybridized carbons (Fsp3) is 0.407. The molecule has 0 atom stereocenters. The van der Waals surface area contributed by atoms with Crippen LogP contribution in [0.25, 0.3) is 0 Å². The molecule has 0 spiro atoms. The number of rotatable bonds is 7. The number of hydrogen-bond acceptors (Lipinski definition) is 3. The Hall–Kier alpha value is -2.88. The SMILES string of the molecule is CCCC1=C(Cc2ccc(C)cc2C)CC(=O)N(c2ccc(OC(C)C)cc2)C(C)=N1. The molecule has 31 heavy (non-hydrogen) atoms. The summed E-state index contributed by atoms with van der Waals surface area (Å²) in [4.78, 5) is 20.0. The molecule has 2 aromatic rings. The molecule has 1 heterocycles. The topological polar surface area (TPSA) is 41.9 Å². The van der Waals surface area contributed by atoms with Gasteiger partial charge in [0.1, 0.15) is 11.6 Å². The molecule has 0 radical (unpaired) electrons. The first-order valence-corrected chi connectivity index (χ1v) is 11.2. The van der Waals surface area contributed by atoms with E-state index >= 15 is 0 Å². The zero-order chi connectivity index (χ0) is 22.5. The maximum atomic E-state index is 13.4. The van der Waals surface area contributed by atoms with Gasteiger partial charge in [0.2, 0.25) is 5.91 Å². The van der Waals surface area contributed by atoms with Crippen LogP contribution in [0.4, 0.5) is 5.69 Å². The fourth-order valence-corrected chi connectivity index (χ4v) is 4.05. The number of hydrogen-bond donors (Lipinski definition) is 0. The van der Waals surface area contributed by atoms with Gasteiger partial charge < -0.3 is 4.74 Å². The lowest BCUT2D eigenvalue weighted by atomic mass is 9.95. The Balaban J connectivity index is 1.91. The van der Waals surface area contributed by atoms with E-state index in [0.717, 1.165) is 47.8 Å². The van der Waals surface area contributed by atoms with Gasteiger partial charge in [-0.1, -0.05) is 37.1 Å². The second-order valence-corrected chi connectivity index (χ2v) is 8.63. The monoisotopic (exact) mass is 418 g/mol. The van der Waals surface area contributed by atoms with Gasteiger partial charge in [0, 0.05) is 5.70 Å². The van der Waals surface area contributed by atoms with Gasteiger partial charge in [-0.05, 0) is 88.4 Å². The van der Waals surface area contributed by atoms with Gasteiger partial charge >= 0.3 is 0 Å². The number of nitrogens with zero attached hydrogens (tertiary/aromatic N) is 2. The maximum Gasteiger partial charge on any atom is 0.236 e. The Kier molecular flexibility index (Phi) is 7.32. The lowest BCUT2D eigenvalue weighted by molar-refractivity contribution is -0.117. The van der Waals surface area contributed by atoms with Gasteiger partial charge in [-0.2, -0.15) is 0 Å². The highest BCUT2D eigenvalue weighted by Gasteiger charge is 2.25. The van der Waals surface area contributed by atoms with Crippen molar-refractivity contribution in [3.63, 3.8) is 0 Å². The first-order valence-electron chi connectivity index (χ1n) is 11.2. The Bertz CT molecular complexity index is 1000. The van der Waals surface area contributed by atoms with Crippen LogP contribution in [-0.2, 0) is 11.2 Å². The summed E-state index contributed by atoms with van der Waals surface area (Å²) in [5, 5.41) is 0. The molecule has 0 fully saturated rings. The number of allylic oxidation sites excluding steroid dienone is 1. The van der Waals surface area contributed by atoms with Crippen LogP contribution in [0.1, 0.15) is 63.6 Å². The zero-order valence-electron chi connectivity index (χ0n) is 19.7. The summed E-state index contributed by atoms with van der Waals surface area (Å²) in [5.74, 6) is 1.59. The Labute approximate surface area is 186 Å². The molecule has 0 aromatic heterocycles. The average molecular weight is 419 g/mol. The summed E-state index contributed by atoms with van der Waals surface area (Å²) in [6.07, 6.45) is 3.13. The minimum Gasteiger partial charge on any atom is -0.491 e. The molecule has 164 valence electrons. The van der Waals surface area contributed by atoms with Crippen molar-refractivity contribution in [1.29, 1.82) is 0 Å². The van der Waals surface area contributed by atoms with Crippen molar-refractivity contribution in [1.82, 2.24) is 0 Å². The summed E-state index contributed by atoms with van der Waals surface area (Å²) in [6.45, 7) is 12.3. The summed E-state index contributed by atoms with van der Waals surface area (Å²) in [7, 11) is 0. The molecule has 0 N–H and O–H groups in total. The van der Waals surface area contributed by atoms with Crippen molar-refractivity contribution in [2.75, 3.05) is 4.90 Å². The summed E-state index contributed by atoms with van der Waals surface area (Å²) >= 11 is 0. The van der Waals surface area contributed by atoms with Crippen LogP contribution in [-0.4, -0.2) is 17.8 Å². The number of amidine groups is 1. The zero-order valence-corrected chi connectivity index (χ0v) is 19.7. The number of carbonyl (C=O) groups is 1. The van der Waals surface area contributed by atoms with E-state index in [1.807, 2.05) is 45.0 Å². The van der Waals surface area contributed by atoms with Crippen LogP contribution in [0.3, 0.4) is 0 Å². The molecule has 0 aliphatic carbocycles. The van der Waals surface area contributed by atoms with Gasteiger partial charge in [0.05, 0.1) is 18.2 Å². The molecule has 1 aliphatic heterocycles. The predicted octanol–water partition coefficient (Wildman–Crippen LogP) is 6.54. The third-order valence-electron chi connectivity index (χ3n) is 5.50. The van der Waals surface area contributed by atoms with Crippen molar-refractivity contribution >= 4 is 17.4 Å². The van der Waals surface area contributed by atoms with Crippen molar-refractivity contribution in [3.05, 3.63) is 70.4 Å². The lowest BCUT2D eigenvalue weighted by Gasteiger charge is -2.21. The molecule has 0 unspecified atom stereocenters. The second kappa shape index (κ2) is 9.95. The van der Waals surface area contributed by atoms with Gasteiger partial charge in [-0.3, -0.25) is 9.69 Å². The van der Waals surface area contributed by atoms with Crippen molar-refractivity contribution in [2.24, 2.45) is 4.99 Å². The van der Waals surface area contributed by atoms with Crippen molar-refractivity contribution in [3.8, 4) is 5.75 Å². The third-order valence-corrected chi connectivity index (χ3v) is 5.50. The van der Waals surface area contributed by atoms with E-state index in [2.05, 4.69) is 39.0 Å². The highest BCUT2D eigenvalue weighted by molar-refractivity contribution is 6.17. The van der Waals surface area contributed by atoms with Gasteiger partial charge in [-0.25, -0.2) is 4.99 Å². The largest absolute Gasteiger partial charge is 0.491 e. The van der Waals surface area contributed by atoms with Gasteiger partial charge in [-0.15, -0.1) is 0 Å². The smallest absolute Gasteiger partial charge is 0.236 e. The molecular weight excluding hydrogens is 384 g/mol. The minimum absolute atomic E-state index is 0.0599. The quantitative estimate of drug-likeness (QED) is 0.512. The number of anilines is 1. The highest BCUT2D eigenvalue weighted by Crippen LogP contribution is 2.29. The highest BCUT2D eigenvalue weighted by atomic mass is 16.5. The Morgan fingerprint density at radius 2 is 1.77 bits per heavy atom. The number of aliphatic imine (C=N–C) groups is 1. The Morgan fingerprint density at radius 1 is 1.06 bits per heavy atom. The molecule has 0 saturated carbocycles. The average Bonchev–Trinajstić information content (AvgIpc) is 2.81. The Morgan fingerprint density at radius 3 is 2.39 bits per heavy atom. The fourth-order valence-electron chi connectivity index (χ4n) is 4.05. The standard InChI is InChI=1S/C27H34N2O2/c1-7-8-26-23(16-22-10-9-19(4)15-20(22)5)17-27(30)29(21(6)28-26)24-11-13-25(14-12-24)31-18(2)3/h9-15,18H,7-8,16-17H2,1-6H3. The van der Waals surface area contributed by atoms with Crippen molar-refractivity contribution in [2.45, 2.75) is 73.3 Å². The number of amides is 1. The first-order chi connectivity index (χ1) is 14.8. The van der Waals surface area contributed by atoms with Crippen LogP contribution in [0.15, 0.2) is 58.7 Å². The maximum absolute atomic E-state index is 13.4. The second-order valence-electron chi connectivity index (χ2n) is 8.63. The molecule has 0 bridgehead atoms. The van der Waals surface area contributed by atoms with E-state index < -0.39 is 0 Å². The molecule has 1 aliphatic rings. The van der Waals surface area contributed by atoms with Crippen LogP contribution >= 0.6 is 0 Å². The van der Waals surface area contributed by atoms with Gasteiger partial charge in [0.15, 0.2) is 0 Å². The minimum atomic E-state index is 0.0599. The molecular formula is C27H34N2O2. The predicted molar refractivity (Wildman–Crippen MR) is 129 cm³/mol. The summed E-state index contributed by atoms with van der Waals surface area (Å²) in [6, 6.07) is 14.2. The lowest BCUT2D eigenvalue weighted by Crippen LogP contribution is -2.34. The van der Waals surface area contributed by atoms with E-state index in [1.165, 1.54) is 16.7 Å². The molecule has 1 amide bonds. The van der Waals surface area contributed by atoms with Crippen molar-refractivity contribution < 1.29 is 9.53 Å². The summed E-state index contributed by atoms with van der Waals surface area (Å²) in [5.41, 5.74) is 6.78. The molecule has 3 rings (SSSR count). The van der Waals surface area contributed by atoms with E-state index in [-0.39, 0.29) is 12.0 Å². The van der Waals surface area contributed by atoms with E-state index in [0.29, 0.717) is 6.42 Å². The first kappa shape index (κ1) is 22.8. The summed E-state index contributed by atoms with van der Waals surface area (Å²) < 4.78 is 5.74.